The molecule has 7 heteroatoms. The molecule has 0 aliphatic rings. The van der Waals surface area contributed by atoms with Crippen LogP contribution in [0.4, 0.5) is 4.39 Å². The average Bonchev–Trinajstić information content (AvgIpc) is 3.14. The normalized spacial score (nSPS) is 11.3. The second kappa shape index (κ2) is 7.72. The molecule has 3 aromatic rings. The molecule has 0 saturated carbocycles. The van der Waals surface area contributed by atoms with Crippen LogP contribution in [0.5, 0.6) is 0 Å². The van der Waals surface area contributed by atoms with Crippen LogP contribution in [-0.4, -0.2) is 27.0 Å². The second-order valence-electron chi connectivity index (χ2n) is 7.33. The lowest BCUT2D eigenvalue weighted by Crippen LogP contribution is -2.24. The molecule has 2 aromatic carbocycles. The van der Waals surface area contributed by atoms with Gasteiger partial charge in [0.1, 0.15) is 18.4 Å². The van der Waals surface area contributed by atoms with E-state index in [1.807, 2.05) is 0 Å². The number of carbonyl (C=O) groups excluding carboxylic acids is 2. The summed E-state index contributed by atoms with van der Waals surface area (Å²) >= 11 is 0. The quantitative estimate of drug-likeness (QED) is 0.491. The predicted molar refractivity (Wildman–Crippen MR) is 102 cm³/mol. The minimum atomic E-state index is -0.622. The van der Waals surface area contributed by atoms with Crippen LogP contribution >= 0.6 is 0 Å². The molecule has 0 N–H and O–H groups in total. The first-order valence-corrected chi connectivity index (χ1v) is 8.71. The summed E-state index contributed by atoms with van der Waals surface area (Å²) in [5, 5.41) is 4.20. The van der Waals surface area contributed by atoms with Gasteiger partial charge in [0.15, 0.2) is 12.6 Å². The zero-order valence-electron chi connectivity index (χ0n) is 15.8. The average molecular weight is 381 g/mol. The topological polar surface area (TPSA) is 74.1 Å². The molecule has 0 saturated heterocycles. The third-order valence-electron chi connectivity index (χ3n) is 4.07. The van der Waals surface area contributed by atoms with Crippen molar-refractivity contribution in [2.45, 2.75) is 27.5 Å². The van der Waals surface area contributed by atoms with E-state index >= 15 is 4.39 Å². The summed E-state index contributed by atoms with van der Waals surface area (Å²) in [6.45, 7) is 5.16. The van der Waals surface area contributed by atoms with Crippen molar-refractivity contribution in [3.05, 3.63) is 60.2 Å². The third kappa shape index (κ3) is 4.14. The van der Waals surface area contributed by atoms with Gasteiger partial charge in [-0.1, -0.05) is 36.4 Å². The second-order valence-corrected chi connectivity index (χ2v) is 7.33. The van der Waals surface area contributed by atoms with Crippen LogP contribution in [0, 0.1) is 11.2 Å². The maximum atomic E-state index is 15.1. The molecule has 0 radical (unpaired) electrons. The lowest BCUT2D eigenvalue weighted by atomic mass is 9.98. The number of halogens is 1. The predicted octanol–water partition coefficient (Wildman–Crippen LogP) is 4.11. The van der Waals surface area contributed by atoms with Crippen LogP contribution in [0.25, 0.3) is 22.5 Å². The van der Waals surface area contributed by atoms with E-state index in [9.17, 15) is 9.59 Å². The number of nitrogens with zero attached hydrogens (tertiary/aromatic N) is 3. The van der Waals surface area contributed by atoms with Gasteiger partial charge in [0.2, 0.25) is 0 Å². The van der Waals surface area contributed by atoms with Crippen LogP contribution in [0.1, 0.15) is 31.1 Å². The van der Waals surface area contributed by atoms with Gasteiger partial charge in [-0.05, 0) is 32.4 Å². The molecular weight excluding hydrogens is 361 g/mol. The minimum Gasteiger partial charge on any atom is -0.442 e. The molecule has 0 aliphatic carbocycles. The van der Waals surface area contributed by atoms with Crippen LogP contribution in [0.2, 0.25) is 0 Å². The van der Waals surface area contributed by atoms with Crippen LogP contribution < -0.4 is 0 Å². The third-order valence-corrected chi connectivity index (χ3v) is 4.07. The van der Waals surface area contributed by atoms with E-state index in [0.29, 0.717) is 16.7 Å². The Labute approximate surface area is 162 Å². The first kappa shape index (κ1) is 19.4. The highest BCUT2D eigenvalue weighted by atomic mass is 19.1. The van der Waals surface area contributed by atoms with E-state index in [-0.39, 0.29) is 24.1 Å². The van der Waals surface area contributed by atoms with E-state index < -0.39 is 11.2 Å². The first-order chi connectivity index (χ1) is 13.3. The monoisotopic (exact) mass is 381 g/mol. The molecule has 0 aliphatic heterocycles. The molecule has 3 rings (SSSR count). The van der Waals surface area contributed by atoms with Gasteiger partial charge in [0, 0.05) is 11.1 Å². The molecule has 1 heterocycles. The van der Waals surface area contributed by atoms with Gasteiger partial charge >= 0.3 is 5.97 Å². The zero-order chi connectivity index (χ0) is 20.3. The van der Waals surface area contributed by atoms with Crippen LogP contribution in [-0.2, 0) is 16.3 Å². The number of rotatable bonds is 5. The summed E-state index contributed by atoms with van der Waals surface area (Å²) in [6, 6.07) is 11.6. The van der Waals surface area contributed by atoms with Crippen LogP contribution in [0.3, 0.4) is 0 Å². The van der Waals surface area contributed by atoms with Gasteiger partial charge < -0.3 is 4.74 Å². The summed E-state index contributed by atoms with van der Waals surface area (Å²) in [6.07, 6.45) is 2.12. The molecule has 0 unspecified atom stereocenters. The number of carbonyl (C=O) groups is 2. The molecule has 6 nitrogen and oxygen atoms in total. The van der Waals surface area contributed by atoms with Crippen LogP contribution in [0.15, 0.2) is 48.8 Å². The van der Waals surface area contributed by atoms with E-state index in [0.717, 1.165) is 6.29 Å². The first-order valence-electron chi connectivity index (χ1n) is 8.71. The van der Waals surface area contributed by atoms with Crippen molar-refractivity contribution in [3.8, 4) is 22.5 Å². The van der Waals surface area contributed by atoms with Crippen molar-refractivity contribution < 1.29 is 18.7 Å². The maximum absolute atomic E-state index is 15.1. The van der Waals surface area contributed by atoms with E-state index in [1.165, 1.54) is 11.0 Å². The van der Waals surface area contributed by atoms with Gasteiger partial charge in [-0.25, -0.2) is 14.1 Å². The van der Waals surface area contributed by atoms with Gasteiger partial charge in [-0.15, -0.1) is 5.10 Å². The van der Waals surface area contributed by atoms with Gasteiger partial charge in [0.05, 0.1) is 11.0 Å². The summed E-state index contributed by atoms with van der Waals surface area (Å²) in [4.78, 5) is 26.8. The lowest BCUT2D eigenvalue weighted by Gasteiger charge is -2.16. The fourth-order valence-corrected chi connectivity index (χ4v) is 2.49. The highest BCUT2D eigenvalue weighted by Crippen LogP contribution is 2.29. The van der Waals surface area contributed by atoms with Gasteiger partial charge in [0.25, 0.3) is 0 Å². The molecule has 1 aromatic heterocycles. The number of aldehydes is 1. The molecule has 28 heavy (non-hydrogen) atoms. The minimum absolute atomic E-state index is 0.0996. The number of aromatic nitrogens is 3. The maximum Gasteiger partial charge on any atom is 0.313 e. The number of hydrogen-bond acceptors (Lipinski definition) is 5. The number of hydrogen-bond donors (Lipinski definition) is 0. The summed E-state index contributed by atoms with van der Waals surface area (Å²) in [7, 11) is 0. The highest BCUT2D eigenvalue weighted by molar-refractivity contribution is 5.78. The Morgan fingerprint density at radius 3 is 2.46 bits per heavy atom. The van der Waals surface area contributed by atoms with Crippen molar-refractivity contribution >= 4 is 12.3 Å². The Morgan fingerprint density at radius 2 is 1.82 bits per heavy atom. The molecule has 0 bridgehead atoms. The Morgan fingerprint density at radius 1 is 1.14 bits per heavy atom. The lowest BCUT2D eigenvalue weighted by molar-refractivity contribution is -0.157. The molecule has 0 atom stereocenters. The Hall–Kier alpha value is -3.35. The van der Waals surface area contributed by atoms with Gasteiger partial charge in [-0.2, -0.15) is 0 Å². The fraction of sp³-hybridized carbons (Fsp3) is 0.238. The summed E-state index contributed by atoms with van der Waals surface area (Å²) in [5.41, 5.74) is 1.15. The van der Waals surface area contributed by atoms with E-state index in [4.69, 9.17) is 4.74 Å². The van der Waals surface area contributed by atoms with Crippen molar-refractivity contribution in [1.29, 1.82) is 0 Å². The summed E-state index contributed by atoms with van der Waals surface area (Å²) in [5.74, 6) is -0.641. The van der Waals surface area contributed by atoms with Crippen molar-refractivity contribution in [2.24, 2.45) is 5.41 Å². The summed E-state index contributed by atoms with van der Waals surface area (Å²) < 4.78 is 21.6. The van der Waals surface area contributed by atoms with E-state index in [2.05, 4.69) is 10.1 Å². The zero-order valence-corrected chi connectivity index (χ0v) is 15.8. The SMILES string of the molecule is CC(C)(C)C(=O)OCn1cnc(-c2cccc(-c3ccc(C=O)cc3)c2F)n1. The fourth-order valence-electron chi connectivity index (χ4n) is 2.49. The van der Waals surface area contributed by atoms with E-state index in [1.54, 1.807) is 63.2 Å². The molecular formula is C21H20FN3O3. The van der Waals surface area contributed by atoms with Gasteiger partial charge in [-0.3, -0.25) is 9.59 Å². The highest BCUT2D eigenvalue weighted by Gasteiger charge is 2.23. The number of ether oxygens (including phenoxy) is 1. The molecule has 0 spiro atoms. The molecule has 0 fully saturated rings. The Bertz CT molecular complexity index is 1000. The standard InChI is InChI=1S/C21H20FN3O3/c1-21(2,3)20(27)28-13-25-12-23-19(24-25)17-6-4-5-16(18(17)22)15-9-7-14(11-26)8-10-15/h4-12H,13H2,1-3H3. The largest absolute Gasteiger partial charge is 0.442 e. The smallest absolute Gasteiger partial charge is 0.313 e. The van der Waals surface area contributed by atoms with Crippen molar-refractivity contribution in [1.82, 2.24) is 14.8 Å². The number of benzene rings is 2. The molecule has 0 amide bonds. The van der Waals surface area contributed by atoms with Crippen molar-refractivity contribution in [2.75, 3.05) is 0 Å². The van der Waals surface area contributed by atoms with Crippen molar-refractivity contribution in [3.63, 3.8) is 0 Å². The molecule has 144 valence electrons. The Balaban J connectivity index is 1.84. The Kier molecular flexibility index (Phi) is 5.35. The number of esters is 1.